The standard InChI is InChI=1S/C9H13ClN4/c10-8-3-4-9(13-12-8)14-5-1-2-7(11)6-14/h3-4,7H,1-2,5-6,11H2/t7-/m1/s1. The van der Waals surface area contributed by atoms with Crippen molar-refractivity contribution in [1.29, 1.82) is 0 Å². The van der Waals surface area contributed by atoms with Crippen molar-refractivity contribution >= 4 is 17.4 Å². The van der Waals surface area contributed by atoms with Crippen LogP contribution in [0.15, 0.2) is 12.1 Å². The average molecular weight is 213 g/mol. The van der Waals surface area contributed by atoms with Gasteiger partial charge in [0.25, 0.3) is 0 Å². The molecule has 0 spiro atoms. The van der Waals surface area contributed by atoms with Crippen molar-refractivity contribution in [3.05, 3.63) is 17.3 Å². The van der Waals surface area contributed by atoms with Gasteiger partial charge < -0.3 is 10.6 Å². The highest BCUT2D eigenvalue weighted by molar-refractivity contribution is 6.29. The minimum absolute atomic E-state index is 0.251. The first kappa shape index (κ1) is 9.68. The van der Waals surface area contributed by atoms with Gasteiger partial charge in [0.05, 0.1) is 0 Å². The molecule has 2 heterocycles. The molecule has 1 aromatic rings. The zero-order valence-corrected chi connectivity index (χ0v) is 8.61. The van der Waals surface area contributed by atoms with E-state index in [1.165, 1.54) is 0 Å². The lowest BCUT2D eigenvalue weighted by molar-refractivity contribution is 0.502. The second-order valence-electron chi connectivity index (χ2n) is 3.56. The molecule has 1 aliphatic heterocycles. The van der Waals surface area contributed by atoms with Gasteiger partial charge in [-0.1, -0.05) is 11.6 Å². The lowest BCUT2D eigenvalue weighted by atomic mass is 10.1. The van der Waals surface area contributed by atoms with Crippen molar-refractivity contribution in [3.8, 4) is 0 Å². The molecule has 0 bridgehead atoms. The molecule has 1 saturated heterocycles. The summed E-state index contributed by atoms with van der Waals surface area (Å²) in [5.74, 6) is 0.865. The van der Waals surface area contributed by atoms with Crippen molar-refractivity contribution in [2.24, 2.45) is 5.73 Å². The van der Waals surface area contributed by atoms with Gasteiger partial charge in [-0.2, -0.15) is 0 Å². The molecular weight excluding hydrogens is 200 g/mol. The number of hydrogen-bond donors (Lipinski definition) is 1. The fraction of sp³-hybridized carbons (Fsp3) is 0.556. The van der Waals surface area contributed by atoms with Crippen molar-refractivity contribution in [3.63, 3.8) is 0 Å². The molecule has 1 aliphatic rings. The molecule has 1 aromatic heterocycles. The number of hydrogen-bond acceptors (Lipinski definition) is 4. The summed E-state index contributed by atoms with van der Waals surface area (Å²) in [7, 11) is 0. The van der Waals surface area contributed by atoms with Gasteiger partial charge in [-0.05, 0) is 25.0 Å². The van der Waals surface area contributed by atoms with E-state index < -0.39 is 0 Å². The van der Waals surface area contributed by atoms with Crippen LogP contribution < -0.4 is 10.6 Å². The number of halogens is 1. The summed E-state index contributed by atoms with van der Waals surface area (Å²) in [5.41, 5.74) is 5.88. The number of piperidine rings is 1. The van der Waals surface area contributed by atoms with Crippen LogP contribution in [0, 0.1) is 0 Å². The highest BCUT2D eigenvalue weighted by atomic mass is 35.5. The van der Waals surface area contributed by atoms with E-state index in [4.69, 9.17) is 17.3 Å². The van der Waals surface area contributed by atoms with Crippen LogP contribution in [0.4, 0.5) is 5.82 Å². The van der Waals surface area contributed by atoms with Gasteiger partial charge in [0.1, 0.15) is 0 Å². The largest absolute Gasteiger partial charge is 0.354 e. The summed E-state index contributed by atoms with van der Waals surface area (Å²) in [6.45, 7) is 1.86. The Hall–Kier alpha value is -0.870. The first-order valence-corrected chi connectivity index (χ1v) is 5.13. The highest BCUT2D eigenvalue weighted by Gasteiger charge is 2.17. The molecule has 4 nitrogen and oxygen atoms in total. The van der Waals surface area contributed by atoms with Crippen molar-refractivity contribution in [2.75, 3.05) is 18.0 Å². The Morgan fingerprint density at radius 1 is 1.43 bits per heavy atom. The Morgan fingerprint density at radius 3 is 2.93 bits per heavy atom. The minimum atomic E-state index is 0.251. The maximum atomic E-state index is 5.88. The molecule has 1 fully saturated rings. The van der Waals surface area contributed by atoms with Crippen LogP contribution in [0.2, 0.25) is 5.15 Å². The van der Waals surface area contributed by atoms with Gasteiger partial charge in [0, 0.05) is 19.1 Å². The molecule has 0 radical (unpaired) electrons. The molecule has 0 aliphatic carbocycles. The number of nitrogens with two attached hydrogens (primary N) is 1. The van der Waals surface area contributed by atoms with E-state index in [0.29, 0.717) is 5.15 Å². The first-order chi connectivity index (χ1) is 6.75. The Kier molecular flexibility index (Phi) is 2.84. The Bertz CT molecular complexity index is 300. The number of aromatic nitrogens is 2. The molecule has 0 saturated carbocycles. The predicted octanol–water partition coefficient (Wildman–Crippen LogP) is 1.06. The van der Waals surface area contributed by atoms with Gasteiger partial charge in [-0.15, -0.1) is 10.2 Å². The van der Waals surface area contributed by atoms with E-state index in [9.17, 15) is 0 Å². The third-order valence-corrected chi connectivity index (χ3v) is 2.60. The summed E-state index contributed by atoms with van der Waals surface area (Å²) < 4.78 is 0. The molecule has 1 atom stereocenters. The number of anilines is 1. The molecule has 5 heteroatoms. The molecule has 0 aromatic carbocycles. The summed E-state index contributed by atoms with van der Waals surface area (Å²) in [6.07, 6.45) is 2.21. The predicted molar refractivity (Wildman–Crippen MR) is 56.5 cm³/mol. The van der Waals surface area contributed by atoms with Crippen LogP contribution in [-0.2, 0) is 0 Å². The SMILES string of the molecule is N[C@@H]1CCCN(c2ccc(Cl)nn2)C1. The summed E-state index contributed by atoms with van der Waals surface area (Å²) in [5, 5.41) is 8.26. The molecule has 76 valence electrons. The van der Waals surface area contributed by atoms with Crippen LogP contribution in [0.1, 0.15) is 12.8 Å². The van der Waals surface area contributed by atoms with E-state index in [1.54, 1.807) is 6.07 Å². The average Bonchev–Trinajstić information content (AvgIpc) is 2.19. The molecule has 2 N–H and O–H groups in total. The second-order valence-corrected chi connectivity index (χ2v) is 3.95. The van der Waals surface area contributed by atoms with Crippen molar-refractivity contribution in [1.82, 2.24) is 10.2 Å². The van der Waals surface area contributed by atoms with E-state index in [2.05, 4.69) is 15.1 Å². The Labute approximate surface area is 88.1 Å². The van der Waals surface area contributed by atoms with Gasteiger partial charge in [0.2, 0.25) is 0 Å². The topological polar surface area (TPSA) is 55.0 Å². The zero-order chi connectivity index (χ0) is 9.97. The fourth-order valence-corrected chi connectivity index (χ4v) is 1.80. The smallest absolute Gasteiger partial charge is 0.151 e. The Balaban J connectivity index is 2.10. The normalized spacial score (nSPS) is 22.4. The van der Waals surface area contributed by atoms with E-state index in [0.717, 1.165) is 31.7 Å². The molecular formula is C9H13ClN4. The summed E-state index contributed by atoms with van der Waals surface area (Å²) in [4.78, 5) is 2.15. The van der Waals surface area contributed by atoms with E-state index >= 15 is 0 Å². The van der Waals surface area contributed by atoms with Crippen LogP contribution in [0.3, 0.4) is 0 Å². The number of nitrogens with zero attached hydrogens (tertiary/aromatic N) is 3. The van der Waals surface area contributed by atoms with Crippen LogP contribution in [0.5, 0.6) is 0 Å². The second kappa shape index (κ2) is 4.11. The van der Waals surface area contributed by atoms with Crippen molar-refractivity contribution in [2.45, 2.75) is 18.9 Å². The maximum absolute atomic E-state index is 5.88. The quantitative estimate of drug-likeness (QED) is 0.757. The fourth-order valence-electron chi connectivity index (χ4n) is 1.70. The third kappa shape index (κ3) is 2.13. The maximum Gasteiger partial charge on any atom is 0.151 e. The zero-order valence-electron chi connectivity index (χ0n) is 7.86. The van der Waals surface area contributed by atoms with Gasteiger partial charge in [-0.25, -0.2) is 0 Å². The lowest BCUT2D eigenvalue weighted by Gasteiger charge is -2.31. The first-order valence-electron chi connectivity index (χ1n) is 4.75. The van der Waals surface area contributed by atoms with Crippen LogP contribution >= 0.6 is 11.6 Å². The van der Waals surface area contributed by atoms with E-state index in [-0.39, 0.29) is 6.04 Å². The molecule has 0 unspecified atom stereocenters. The van der Waals surface area contributed by atoms with E-state index in [1.807, 2.05) is 6.07 Å². The minimum Gasteiger partial charge on any atom is -0.354 e. The Morgan fingerprint density at radius 2 is 2.29 bits per heavy atom. The summed E-state index contributed by atoms with van der Waals surface area (Å²) >= 11 is 5.66. The highest BCUT2D eigenvalue weighted by Crippen LogP contribution is 2.16. The van der Waals surface area contributed by atoms with Gasteiger partial charge in [0.15, 0.2) is 11.0 Å². The number of rotatable bonds is 1. The van der Waals surface area contributed by atoms with Crippen LogP contribution in [-0.4, -0.2) is 29.3 Å². The lowest BCUT2D eigenvalue weighted by Crippen LogP contribution is -2.43. The monoisotopic (exact) mass is 212 g/mol. The van der Waals surface area contributed by atoms with Crippen molar-refractivity contribution < 1.29 is 0 Å². The molecule has 14 heavy (non-hydrogen) atoms. The molecule has 0 amide bonds. The van der Waals surface area contributed by atoms with Gasteiger partial charge >= 0.3 is 0 Å². The molecule has 2 rings (SSSR count). The third-order valence-electron chi connectivity index (χ3n) is 2.40. The van der Waals surface area contributed by atoms with Crippen LogP contribution in [0.25, 0.3) is 0 Å². The van der Waals surface area contributed by atoms with Gasteiger partial charge in [-0.3, -0.25) is 0 Å². The summed E-state index contributed by atoms with van der Waals surface area (Å²) in [6, 6.07) is 3.89.